The van der Waals surface area contributed by atoms with Crippen LogP contribution in [0.25, 0.3) is 32.8 Å². The molecule has 0 aliphatic heterocycles. The first-order valence-electron chi connectivity index (χ1n) is 6.93. The molecule has 0 aliphatic carbocycles. The average Bonchev–Trinajstić information content (AvgIpc) is 2.54. The Kier molecular flexibility index (Phi) is 3.01. The molecule has 23 heavy (non-hydrogen) atoms. The van der Waals surface area contributed by atoms with Crippen molar-refractivity contribution in [1.82, 2.24) is 9.97 Å². The lowest BCUT2D eigenvalue weighted by Gasteiger charge is -2.09. The summed E-state index contributed by atoms with van der Waals surface area (Å²) in [4.78, 5) is 7.50. The Hall–Kier alpha value is -2.95. The fraction of sp³-hybridized carbons (Fsp3) is 0. The molecule has 0 saturated carbocycles. The van der Waals surface area contributed by atoms with Crippen molar-refractivity contribution in [2.24, 2.45) is 0 Å². The summed E-state index contributed by atoms with van der Waals surface area (Å²) in [5.74, 6) is -2.11. The van der Waals surface area contributed by atoms with Crippen molar-refractivity contribution < 1.29 is 13.2 Å². The monoisotopic (exact) mass is 310 g/mol. The first-order valence-corrected chi connectivity index (χ1v) is 6.93. The van der Waals surface area contributed by atoms with E-state index in [0.717, 1.165) is 0 Å². The van der Waals surface area contributed by atoms with Crippen LogP contribution in [0.3, 0.4) is 0 Å². The second-order valence-electron chi connectivity index (χ2n) is 5.16. The van der Waals surface area contributed by atoms with Gasteiger partial charge in [-0.15, -0.1) is 0 Å². The summed E-state index contributed by atoms with van der Waals surface area (Å²) in [7, 11) is 0. The van der Waals surface area contributed by atoms with Gasteiger partial charge in [-0.2, -0.15) is 13.8 Å². The number of benzene rings is 2. The number of aromatic nitrogens is 2. The van der Waals surface area contributed by atoms with Crippen LogP contribution in [0, 0.1) is 17.7 Å². The maximum atomic E-state index is 13.8. The minimum atomic E-state index is -0.883. The Morgan fingerprint density at radius 2 is 1.57 bits per heavy atom. The smallest absolute Gasteiger partial charge is 0.223 e. The van der Waals surface area contributed by atoms with Crippen LogP contribution in [-0.2, 0) is 0 Å². The number of hydrogen-bond acceptors (Lipinski definition) is 2. The van der Waals surface area contributed by atoms with Crippen LogP contribution < -0.4 is 0 Å². The molecule has 5 heteroatoms. The van der Waals surface area contributed by atoms with Crippen molar-refractivity contribution in [3.05, 3.63) is 72.4 Å². The zero-order valence-electron chi connectivity index (χ0n) is 11.7. The third-order valence-electron chi connectivity index (χ3n) is 3.78. The Morgan fingerprint density at radius 3 is 2.39 bits per heavy atom. The van der Waals surface area contributed by atoms with Gasteiger partial charge in [0, 0.05) is 28.6 Å². The molecule has 4 aromatic rings. The van der Waals surface area contributed by atoms with Crippen molar-refractivity contribution in [3.63, 3.8) is 0 Å². The highest BCUT2D eigenvalue weighted by atomic mass is 19.1. The molecule has 0 atom stereocenters. The van der Waals surface area contributed by atoms with Crippen molar-refractivity contribution in [3.8, 4) is 11.3 Å². The van der Waals surface area contributed by atoms with E-state index >= 15 is 0 Å². The SMILES string of the molecule is Fc1cccc(-c2nccc3c2ccc2c(F)nc(F)cc23)c1. The molecule has 0 saturated heterocycles. The molecule has 0 radical (unpaired) electrons. The van der Waals surface area contributed by atoms with E-state index in [2.05, 4.69) is 9.97 Å². The van der Waals surface area contributed by atoms with Crippen LogP contribution in [0.15, 0.2) is 54.7 Å². The molecule has 2 heterocycles. The normalized spacial score (nSPS) is 11.3. The van der Waals surface area contributed by atoms with Crippen molar-refractivity contribution in [1.29, 1.82) is 0 Å². The average molecular weight is 310 g/mol. The van der Waals surface area contributed by atoms with Crippen molar-refractivity contribution in [2.75, 3.05) is 0 Å². The summed E-state index contributed by atoms with van der Waals surface area (Å²) in [6.45, 7) is 0. The molecule has 0 fully saturated rings. The molecule has 2 aromatic carbocycles. The minimum Gasteiger partial charge on any atom is -0.256 e. The second kappa shape index (κ2) is 5.05. The van der Waals surface area contributed by atoms with E-state index in [1.54, 1.807) is 24.3 Å². The number of pyridine rings is 2. The molecule has 0 aliphatic rings. The van der Waals surface area contributed by atoms with Crippen LogP contribution in [0.1, 0.15) is 0 Å². The van der Waals surface area contributed by atoms with E-state index in [9.17, 15) is 13.2 Å². The largest absolute Gasteiger partial charge is 0.256 e. The molecule has 4 rings (SSSR count). The van der Waals surface area contributed by atoms with Crippen molar-refractivity contribution in [2.45, 2.75) is 0 Å². The zero-order chi connectivity index (χ0) is 16.0. The summed E-state index contributed by atoms with van der Waals surface area (Å²) in [6, 6.07) is 12.1. The van der Waals surface area contributed by atoms with Gasteiger partial charge in [-0.05, 0) is 35.0 Å². The minimum absolute atomic E-state index is 0.232. The Balaban J connectivity index is 2.11. The van der Waals surface area contributed by atoms with Crippen LogP contribution >= 0.6 is 0 Å². The van der Waals surface area contributed by atoms with Gasteiger partial charge in [0.2, 0.25) is 11.9 Å². The highest BCUT2D eigenvalue weighted by molar-refractivity contribution is 6.11. The van der Waals surface area contributed by atoms with Gasteiger partial charge in [-0.3, -0.25) is 4.98 Å². The maximum Gasteiger partial charge on any atom is 0.223 e. The molecule has 0 spiro atoms. The van der Waals surface area contributed by atoms with Crippen LogP contribution in [0.2, 0.25) is 0 Å². The fourth-order valence-corrected chi connectivity index (χ4v) is 2.78. The van der Waals surface area contributed by atoms with E-state index in [4.69, 9.17) is 0 Å². The molecular weight excluding hydrogens is 301 g/mol. The van der Waals surface area contributed by atoms with Gasteiger partial charge in [-0.1, -0.05) is 18.2 Å². The summed E-state index contributed by atoms with van der Waals surface area (Å²) >= 11 is 0. The number of hydrogen-bond donors (Lipinski definition) is 0. The second-order valence-corrected chi connectivity index (χ2v) is 5.16. The molecule has 2 aromatic heterocycles. The van der Waals surface area contributed by atoms with E-state index in [1.807, 2.05) is 0 Å². The predicted molar refractivity (Wildman–Crippen MR) is 82.4 cm³/mol. The molecule has 0 unspecified atom stereocenters. The lowest BCUT2D eigenvalue weighted by molar-refractivity contribution is 0.522. The third-order valence-corrected chi connectivity index (χ3v) is 3.78. The lowest BCUT2D eigenvalue weighted by atomic mass is 9.99. The van der Waals surface area contributed by atoms with Gasteiger partial charge in [-0.25, -0.2) is 4.39 Å². The first-order chi connectivity index (χ1) is 11.1. The van der Waals surface area contributed by atoms with Crippen LogP contribution in [-0.4, -0.2) is 9.97 Å². The fourth-order valence-electron chi connectivity index (χ4n) is 2.78. The summed E-state index contributed by atoms with van der Waals surface area (Å²) in [6.07, 6.45) is 1.54. The quantitative estimate of drug-likeness (QED) is 0.370. The van der Waals surface area contributed by atoms with E-state index in [0.29, 0.717) is 27.4 Å². The van der Waals surface area contributed by atoms with Gasteiger partial charge in [0.15, 0.2) is 0 Å². The molecular formula is C18H9F3N2. The van der Waals surface area contributed by atoms with E-state index in [-0.39, 0.29) is 11.2 Å². The Bertz CT molecular complexity index is 1060. The summed E-state index contributed by atoms with van der Waals surface area (Å²) in [5.41, 5.74) is 1.16. The van der Waals surface area contributed by atoms with Gasteiger partial charge < -0.3 is 0 Å². The Morgan fingerprint density at radius 1 is 0.739 bits per heavy atom. The topological polar surface area (TPSA) is 25.8 Å². The predicted octanol–water partition coefficient (Wildman–Crippen LogP) is 4.87. The van der Waals surface area contributed by atoms with Gasteiger partial charge >= 0.3 is 0 Å². The number of halogens is 3. The first kappa shape index (κ1) is 13.7. The molecule has 0 N–H and O–H groups in total. The standard InChI is InChI=1S/C18H9F3N2/c19-11-3-1-2-10(8-11)17-13-4-5-14-15(12(13)6-7-22-17)9-16(20)23-18(14)21/h1-9H. The third kappa shape index (κ3) is 2.21. The van der Waals surface area contributed by atoms with Crippen molar-refractivity contribution >= 4 is 21.5 Å². The highest BCUT2D eigenvalue weighted by Crippen LogP contribution is 2.32. The molecule has 112 valence electrons. The van der Waals surface area contributed by atoms with Crippen LogP contribution in [0.5, 0.6) is 0 Å². The summed E-state index contributed by atoms with van der Waals surface area (Å²) < 4.78 is 40.8. The molecule has 0 amide bonds. The van der Waals surface area contributed by atoms with Gasteiger partial charge in [0.25, 0.3) is 0 Å². The highest BCUT2D eigenvalue weighted by Gasteiger charge is 2.12. The van der Waals surface area contributed by atoms with Gasteiger partial charge in [0.1, 0.15) is 5.82 Å². The molecule has 2 nitrogen and oxygen atoms in total. The number of fused-ring (bicyclic) bond motifs is 3. The van der Waals surface area contributed by atoms with E-state index in [1.165, 1.54) is 30.5 Å². The number of rotatable bonds is 1. The zero-order valence-corrected chi connectivity index (χ0v) is 11.7. The maximum absolute atomic E-state index is 13.8. The Labute approximate surface area is 129 Å². The molecule has 0 bridgehead atoms. The van der Waals surface area contributed by atoms with Crippen LogP contribution in [0.4, 0.5) is 13.2 Å². The lowest BCUT2D eigenvalue weighted by Crippen LogP contribution is -1.93. The summed E-state index contributed by atoms with van der Waals surface area (Å²) in [5, 5.41) is 1.97. The van der Waals surface area contributed by atoms with Gasteiger partial charge in [0.05, 0.1) is 5.69 Å². The van der Waals surface area contributed by atoms with E-state index < -0.39 is 11.9 Å². The number of nitrogens with zero attached hydrogens (tertiary/aromatic N) is 2.